The molecule has 2 rings (SSSR count). The number of halogens is 1. The highest BCUT2D eigenvalue weighted by Crippen LogP contribution is 2.02. The van der Waals surface area contributed by atoms with Crippen molar-refractivity contribution in [1.82, 2.24) is 15.6 Å². The molecule has 0 saturated heterocycles. The smallest absolute Gasteiger partial charge is 0.251 e. The summed E-state index contributed by atoms with van der Waals surface area (Å²) in [6.45, 7) is 0.109. The van der Waals surface area contributed by atoms with Crippen molar-refractivity contribution in [2.24, 2.45) is 0 Å². The Labute approximate surface area is 121 Å². The maximum Gasteiger partial charge on any atom is 0.251 e. The van der Waals surface area contributed by atoms with Crippen molar-refractivity contribution in [3.63, 3.8) is 0 Å². The van der Waals surface area contributed by atoms with Gasteiger partial charge in [-0.15, -0.1) is 0 Å². The fourth-order valence-corrected chi connectivity index (χ4v) is 1.65. The second-order valence-corrected chi connectivity index (χ2v) is 4.29. The minimum Gasteiger partial charge on any atom is -0.349 e. The van der Waals surface area contributed by atoms with Crippen LogP contribution in [0.4, 0.5) is 4.39 Å². The Kier molecular flexibility index (Phi) is 4.98. The van der Waals surface area contributed by atoms with E-state index in [2.05, 4.69) is 15.6 Å². The van der Waals surface area contributed by atoms with Gasteiger partial charge in [0.1, 0.15) is 5.82 Å². The highest BCUT2D eigenvalue weighted by atomic mass is 19.1. The van der Waals surface area contributed by atoms with Gasteiger partial charge in [-0.25, -0.2) is 4.39 Å². The Balaban J connectivity index is 1.77. The van der Waals surface area contributed by atoms with Crippen LogP contribution in [0.2, 0.25) is 0 Å². The summed E-state index contributed by atoms with van der Waals surface area (Å²) in [5, 5.41) is 5.05. The van der Waals surface area contributed by atoms with Gasteiger partial charge < -0.3 is 10.6 Å². The number of hydrogen-bond acceptors (Lipinski definition) is 3. The summed E-state index contributed by atoms with van der Waals surface area (Å²) in [7, 11) is 0. The van der Waals surface area contributed by atoms with Crippen LogP contribution in [0.15, 0.2) is 48.7 Å². The van der Waals surface area contributed by atoms with Crippen molar-refractivity contribution in [2.75, 3.05) is 6.54 Å². The van der Waals surface area contributed by atoms with E-state index in [1.54, 1.807) is 18.3 Å². The molecule has 6 heteroatoms. The Hall–Kier alpha value is -2.76. The lowest BCUT2D eigenvalue weighted by Gasteiger charge is -2.06. The van der Waals surface area contributed by atoms with Gasteiger partial charge in [-0.05, 0) is 30.3 Å². The van der Waals surface area contributed by atoms with Gasteiger partial charge in [0.2, 0.25) is 5.91 Å². The molecule has 0 bridgehead atoms. The van der Waals surface area contributed by atoms with E-state index >= 15 is 0 Å². The Bertz CT molecular complexity index is 632. The average Bonchev–Trinajstić information content (AvgIpc) is 2.51. The maximum absolute atomic E-state index is 13.0. The molecule has 1 heterocycles. The molecule has 1 aromatic carbocycles. The van der Waals surface area contributed by atoms with E-state index in [9.17, 15) is 14.0 Å². The largest absolute Gasteiger partial charge is 0.349 e. The fourth-order valence-electron chi connectivity index (χ4n) is 1.65. The number of carbonyl (C=O) groups is 2. The monoisotopic (exact) mass is 287 g/mol. The van der Waals surface area contributed by atoms with Crippen LogP contribution in [-0.2, 0) is 11.3 Å². The van der Waals surface area contributed by atoms with Crippen molar-refractivity contribution in [1.29, 1.82) is 0 Å². The maximum atomic E-state index is 13.0. The van der Waals surface area contributed by atoms with Crippen molar-refractivity contribution < 1.29 is 14.0 Å². The Morgan fingerprint density at radius 2 is 1.95 bits per heavy atom. The SMILES string of the molecule is O=C(CNC(=O)c1cccc(F)c1)NCc1ccccn1. The zero-order valence-electron chi connectivity index (χ0n) is 11.2. The quantitative estimate of drug-likeness (QED) is 0.870. The second kappa shape index (κ2) is 7.14. The standard InChI is InChI=1S/C15H14FN3O2/c16-12-5-3-4-11(8-12)15(21)19-10-14(20)18-9-13-6-1-2-7-17-13/h1-8H,9-10H2,(H,18,20)(H,19,21). The van der Waals surface area contributed by atoms with E-state index in [4.69, 9.17) is 0 Å². The first-order chi connectivity index (χ1) is 10.1. The molecule has 0 fully saturated rings. The van der Waals surface area contributed by atoms with Gasteiger partial charge in [0, 0.05) is 11.8 Å². The highest BCUT2D eigenvalue weighted by Gasteiger charge is 2.08. The van der Waals surface area contributed by atoms with E-state index in [1.165, 1.54) is 18.2 Å². The number of amides is 2. The van der Waals surface area contributed by atoms with Gasteiger partial charge in [-0.2, -0.15) is 0 Å². The summed E-state index contributed by atoms with van der Waals surface area (Å²) < 4.78 is 13.0. The topological polar surface area (TPSA) is 71.1 Å². The Morgan fingerprint density at radius 3 is 2.67 bits per heavy atom. The molecular weight excluding hydrogens is 273 g/mol. The average molecular weight is 287 g/mol. The van der Waals surface area contributed by atoms with Crippen LogP contribution in [0.25, 0.3) is 0 Å². The molecule has 0 aliphatic heterocycles. The molecule has 5 nitrogen and oxygen atoms in total. The lowest BCUT2D eigenvalue weighted by molar-refractivity contribution is -0.120. The lowest BCUT2D eigenvalue weighted by atomic mass is 10.2. The summed E-state index contributed by atoms with van der Waals surface area (Å²) in [4.78, 5) is 27.4. The number of benzene rings is 1. The minimum absolute atomic E-state index is 0.174. The third-order valence-corrected chi connectivity index (χ3v) is 2.69. The van der Waals surface area contributed by atoms with Crippen molar-refractivity contribution in [2.45, 2.75) is 6.54 Å². The van der Waals surface area contributed by atoms with Crippen molar-refractivity contribution in [3.05, 3.63) is 65.7 Å². The van der Waals surface area contributed by atoms with Gasteiger partial charge >= 0.3 is 0 Å². The van der Waals surface area contributed by atoms with Gasteiger partial charge in [0.15, 0.2) is 0 Å². The molecule has 2 N–H and O–H groups in total. The fraction of sp³-hybridized carbons (Fsp3) is 0.133. The van der Waals surface area contributed by atoms with Gasteiger partial charge in [0.05, 0.1) is 18.8 Å². The van der Waals surface area contributed by atoms with Gasteiger partial charge in [0.25, 0.3) is 5.91 Å². The first-order valence-electron chi connectivity index (χ1n) is 6.35. The number of aromatic nitrogens is 1. The van der Waals surface area contributed by atoms with Crippen LogP contribution in [0.1, 0.15) is 16.1 Å². The molecule has 0 aliphatic carbocycles. The Morgan fingerprint density at radius 1 is 1.10 bits per heavy atom. The predicted molar refractivity (Wildman–Crippen MR) is 74.8 cm³/mol. The second-order valence-electron chi connectivity index (χ2n) is 4.29. The van der Waals surface area contributed by atoms with Gasteiger partial charge in [-0.1, -0.05) is 12.1 Å². The van der Waals surface area contributed by atoms with E-state index in [0.717, 1.165) is 11.8 Å². The number of nitrogens with zero attached hydrogens (tertiary/aromatic N) is 1. The predicted octanol–water partition coefficient (Wildman–Crippen LogP) is 1.27. The summed E-state index contributed by atoms with van der Waals surface area (Å²) in [6.07, 6.45) is 1.63. The van der Waals surface area contributed by atoms with Crippen LogP contribution in [0, 0.1) is 5.82 Å². The van der Waals surface area contributed by atoms with E-state index in [0.29, 0.717) is 0 Å². The van der Waals surface area contributed by atoms with Crippen molar-refractivity contribution >= 4 is 11.8 Å². The van der Waals surface area contributed by atoms with Crippen LogP contribution in [0.3, 0.4) is 0 Å². The van der Waals surface area contributed by atoms with Crippen LogP contribution >= 0.6 is 0 Å². The molecule has 0 saturated carbocycles. The molecule has 0 atom stereocenters. The molecule has 0 radical (unpaired) electrons. The summed E-state index contributed by atoms with van der Waals surface area (Å²) in [5.74, 6) is -1.34. The normalized spacial score (nSPS) is 9.95. The summed E-state index contributed by atoms with van der Waals surface area (Å²) >= 11 is 0. The first-order valence-corrected chi connectivity index (χ1v) is 6.35. The molecule has 2 amide bonds. The number of hydrogen-bond donors (Lipinski definition) is 2. The molecule has 108 valence electrons. The van der Waals surface area contributed by atoms with Gasteiger partial charge in [-0.3, -0.25) is 14.6 Å². The van der Waals surface area contributed by atoms with Crippen LogP contribution in [0.5, 0.6) is 0 Å². The third-order valence-electron chi connectivity index (χ3n) is 2.69. The molecule has 21 heavy (non-hydrogen) atoms. The number of rotatable bonds is 5. The number of nitrogens with one attached hydrogen (secondary N) is 2. The third kappa shape index (κ3) is 4.68. The molecule has 0 spiro atoms. The van der Waals surface area contributed by atoms with Crippen molar-refractivity contribution in [3.8, 4) is 0 Å². The zero-order valence-corrected chi connectivity index (χ0v) is 11.2. The van der Waals surface area contributed by atoms with Crippen LogP contribution < -0.4 is 10.6 Å². The molecule has 0 unspecified atom stereocenters. The van der Waals surface area contributed by atoms with E-state index in [-0.39, 0.29) is 24.6 Å². The highest BCUT2D eigenvalue weighted by molar-refractivity contribution is 5.96. The summed E-state index contributed by atoms with van der Waals surface area (Å²) in [5.41, 5.74) is 0.898. The summed E-state index contributed by atoms with van der Waals surface area (Å²) in [6, 6.07) is 10.7. The molecule has 1 aromatic heterocycles. The first kappa shape index (κ1) is 14.6. The minimum atomic E-state index is -0.498. The lowest BCUT2D eigenvalue weighted by Crippen LogP contribution is -2.36. The molecule has 2 aromatic rings. The van der Waals surface area contributed by atoms with Crippen LogP contribution in [-0.4, -0.2) is 23.3 Å². The number of pyridine rings is 1. The van der Waals surface area contributed by atoms with E-state index < -0.39 is 11.7 Å². The zero-order chi connectivity index (χ0) is 15.1. The van der Waals surface area contributed by atoms with E-state index in [1.807, 2.05) is 6.07 Å². The molecule has 0 aliphatic rings. The molecular formula is C15H14FN3O2. The number of carbonyl (C=O) groups excluding carboxylic acids is 2.